The van der Waals surface area contributed by atoms with Crippen LogP contribution in [-0.4, -0.2) is 35.0 Å². The number of unbranched alkanes of at least 4 members (excludes halogenated alkanes) is 1. The van der Waals surface area contributed by atoms with Crippen LogP contribution in [0.3, 0.4) is 0 Å². The Kier molecular flexibility index (Phi) is 7.11. The van der Waals surface area contributed by atoms with Crippen molar-refractivity contribution in [3.63, 3.8) is 0 Å². The van der Waals surface area contributed by atoms with Crippen LogP contribution in [0.15, 0.2) is 64.4 Å². The van der Waals surface area contributed by atoms with E-state index in [2.05, 4.69) is 10.0 Å². The smallest absolute Gasteiger partial charge is 0.240 e. The first-order chi connectivity index (χ1) is 12.7. The highest BCUT2D eigenvalue weighted by atomic mass is 32.2. The molecule has 0 radical (unpaired) electrons. The number of carbonyl (C=O) groups excluding carboxylic acids is 1. The van der Waals surface area contributed by atoms with Gasteiger partial charge in [-0.3, -0.25) is 4.79 Å². The molecule has 2 aromatic rings. The number of nitrogens with one attached hydrogen (secondary N) is 2. The molecule has 0 saturated carbocycles. The second kappa shape index (κ2) is 9.12. The summed E-state index contributed by atoms with van der Waals surface area (Å²) in [7, 11) is -7.34. The molecule has 2 rings (SSSR count). The van der Waals surface area contributed by atoms with Gasteiger partial charge in [0.05, 0.1) is 9.79 Å². The molecule has 2 aromatic carbocycles. The van der Waals surface area contributed by atoms with Crippen LogP contribution in [0.4, 0.5) is 5.69 Å². The van der Waals surface area contributed by atoms with Crippen molar-refractivity contribution in [3.05, 3.63) is 54.6 Å². The number of rotatable bonds is 9. The Bertz CT molecular complexity index is 970. The molecule has 0 aliphatic carbocycles. The zero-order chi connectivity index (χ0) is 19.9. The molecule has 0 atom stereocenters. The van der Waals surface area contributed by atoms with E-state index >= 15 is 0 Å². The van der Waals surface area contributed by atoms with Crippen molar-refractivity contribution in [2.24, 2.45) is 0 Å². The number of sulfonamides is 1. The normalized spacial score (nSPS) is 11.9. The van der Waals surface area contributed by atoms with Gasteiger partial charge in [-0.15, -0.1) is 0 Å². The maximum absolute atomic E-state index is 12.2. The molecule has 0 heterocycles. The van der Waals surface area contributed by atoms with Gasteiger partial charge in [-0.05, 0) is 42.8 Å². The molecule has 0 saturated heterocycles. The van der Waals surface area contributed by atoms with Gasteiger partial charge >= 0.3 is 0 Å². The molecule has 0 aliphatic heterocycles. The van der Waals surface area contributed by atoms with E-state index in [1.165, 1.54) is 36.4 Å². The lowest BCUT2D eigenvalue weighted by Crippen LogP contribution is -2.25. The van der Waals surface area contributed by atoms with Crippen molar-refractivity contribution in [2.75, 3.05) is 17.6 Å². The van der Waals surface area contributed by atoms with Crippen LogP contribution in [0.2, 0.25) is 0 Å². The predicted octanol–water partition coefficient (Wildman–Crippen LogP) is 2.18. The van der Waals surface area contributed by atoms with Gasteiger partial charge in [-0.25, -0.2) is 21.6 Å². The third-order valence-corrected chi connectivity index (χ3v) is 6.80. The van der Waals surface area contributed by atoms with Gasteiger partial charge in [0.15, 0.2) is 9.84 Å². The first kappa shape index (κ1) is 21.1. The van der Waals surface area contributed by atoms with Crippen LogP contribution in [0.5, 0.6) is 0 Å². The lowest BCUT2D eigenvalue weighted by Gasteiger charge is -2.09. The number of amides is 1. The molecule has 9 heteroatoms. The van der Waals surface area contributed by atoms with Crippen molar-refractivity contribution in [2.45, 2.75) is 29.6 Å². The fraction of sp³-hybridized carbons (Fsp3) is 0.278. The average Bonchev–Trinajstić information content (AvgIpc) is 2.62. The lowest BCUT2D eigenvalue weighted by atomic mass is 10.3. The van der Waals surface area contributed by atoms with Crippen LogP contribution in [0.1, 0.15) is 19.8 Å². The van der Waals surface area contributed by atoms with E-state index in [-0.39, 0.29) is 9.79 Å². The quantitative estimate of drug-likeness (QED) is 0.616. The monoisotopic (exact) mass is 410 g/mol. The molecule has 0 fully saturated rings. The number of sulfone groups is 1. The number of benzene rings is 2. The standard InChI is InChI=1S/C18H22N2O5S2/c1-2-3-13-19-27(24,25)17-11-9-15(10-12-17)20-18(21)14-26(22,23)16-7-5-4-6-8-16/h4-12,19H,2-3,13-14H2,1H3,(H,20,21). The molecule has 146 valence electrons. The van der Waals surface area contributed by atoms with Crippen LogP contribution in [-0.2, 0) is 24.7 Å². The van der Waals surface area contributed by atoms with E-state index < -0.39 is 31.5 Å². The summed E-state index contributed by atoms with van der Waals surface area (Å²) in [6.45, 7) is 2.32. The number of anilines is 1. The fourth-order valence-corrected chi connectivity index (χ4v) is 4.49. The first-order valence-electron chi connectivity index (χ1n) is 8.42. The van der Waals surface area contributed by atoms with E-state index in [1.54, 1.807) is 18.2 Å². The second-order valence-electron chi connectivity index (χ2n) is 5.90. The Balaban J connectivity index is 2.01. The Morgan fingerprint density at radius 2 is 1.52 bits per heavy atom. The van der Waals surface area contributed by atoms with Gasteiger partial charge in [-0.2, -0.15) is 0 Å². The summed E-state index contributed by atoms with van der Waals surface area (Å²) in [6.07, 6.45) is 1.61. The molecule has 0 aliphatic rings. The van der Waals surface area contributed by atoms with E-state index in [9.17, 15) is 21.6 Å². The Labute approximate surface area is 159 Å². The maximum Gasteiger partial charge on any atom is 0.240 e. The molecule has 1 amide bonds. The zero-order valence-corrected chi connectivity index (χ0v) is 16.5. The lowest BCUT2D eigenvalue weighted by molar-refractivity contribution is -0.113. The van der Waals surface area contributed by atoms with Crippen LogP contribution >= 0.6 is 0 Å². The molecule has 0 bridgehead atoms. The van der Waals surface area contributed by atoms with Crippen molar-refractivity contribution < 1.29 is 21.6 Å². The van der Waals surface area contributed by atoms with Crippen molar-refractivity contribution in [1.82, 2.24) is 4.72 Å². The number of hydrogen-bond acceptors (Lipinski definition) is 5. The summed E-state index contributed by atoms with van der Waals surface area (Å²) >= 11 is 0. The van der Waals surface area contributed by atoms with Gasteiger partial charge in [0.1, 0.15) is 5.75 Å². The van der Waals surface area contributed by atoms with Crippen molar-refractivity contribution >= 4 is 31.5 Å². The van der Waals surface area contributed by atoms with Crippen molar-refractivity contribution in [3.8, 4) is 0 Å². The third kappa shape index (κ3) is 6.16. The zero-order valence-electron chi connectivity index (χ0n) is 14.9. The minimum absolute atomic E-state index is 0.0692. The first-order valence-corrected chi connectivity index (χ1v) is 11.6. The van der Waals surface area contributed by atoms with Gasteiger partial charge < -0.3 is 5.32 Å². The molecule has 0 unspecified atom stereocenters. The van der Waals surface area contributed by atoms with Crippen molar-refractivity contribution in [1.29, 1.82) is 0 Å². The Morgan fingerprint density at radius 3 is 2.11 bits per heavy atom. The Hall–Kier alpha value is -2.23. The van der Waals surface area contributed by atoms with Crippen LogP contribution < -0.4 is 10.0 Å². The topological polar surface area (TPSA) is 109 Å². The SMILES string of the molecule is CCCCNS(=O)(=O)c1ccc(NC(=O)CS(=O)(=O)c2ccccc2)cc1. The summed E-state index contributed by atoms with van der Waals surface area (Å²) in [5.74, 6) is -1.40. The summed E-state index contributed by atoms with van der Waals surface area (Å²) in [5, 5.41) is 2.47. The van der Waals surface area contributed by atoms with Crippen LogP contribution in [0, 0.1) is 0 Å². The van der Waals surface area contributed by atoms with E-state index in [0.29, 0.717) is 12.2 Å². The van der Waals surface area contributed by atoms with E-state index in [1.807, 2.05) is 6.92 Å². The van der Waals surface area contributed by atoms with Gasteiger partial charge in [0.2, 0.25) is 15.9 Å². The average molecular weight is 411 g/mol. The van der Waals surface area contributed by atoms with Crippen LogP contribution in [0.25, 0.3) is 0 Å². The fourth-order valence-electron chi connectivity index (χ4n) is 2.26. The number of carbonyl (C=O) groups is 1. The summed E-state index contributed by atoms with van der Waals surface area (Å²) in [6, 6.07) is 13.2. The molecule has 0 aromatic heterocycles. The number of hydrogen-bond donors (Lipinski definition) is 2. The third-order valence-electron chi connectivity index (χ3n) is 3.69. The molecule has 27 heavy (non-hydrogen) atoms. The second-order valence-corrected chi connectivity index (χ2v) is 9.65. The Morgan fingerprint density at radius 1 is 0.889 bits per heavy atom. The van der Waals surface area contributed by atoms with E-state index in [0.717, 1.165) is 12.8 Å². The minimum Gasteiger partial charge on any atom is -0.325 e. The summed E-state index contributed by atoms with van der Waals surface area (Å²) in [5.41, 5.74) is 0.316. The van der Waals surface area contributed by atoms with Gasteiger partial charge in [0.25, 0.3) is 0 Å². The molecule has 0 spiro atoms. The largest absolute Gasteiger partial charge is 0.325 e. The molecule has 2 N–H and O–H groups in total. The molecule has 7 nitrogen and oxygen atoms in total. The van der Waals surface area contributed by atoms with E-state index in [4.69, 9.17) is 0 Å². The minimum atomic E-state index is -3.74. The maximum atomic E-state index is 12.2. The molecular formula is C18H22N2O5S2. The molecular weight excluding hydrogens is 388 g/mol. The highest BCUT2D eigenvalue weighted by Gasteiger charge is 2.19. The summed E-state index contributed by atoms with van der Waals surface area (Å²) in [4.78, 5) is 12.2. The predicted molar refractivity (Wildman–Crippen MR) is 104 cm³/mol. The highest BCUT2D eigenvalue weighted by Crippen LogP contribution is 2.15. The summed E-state index contributed by atoms with van der Waals surface area (Å²) < 4.78 is 51.1. The van der Waals surface area contributed by atoms with Gasteiger partial charge in [-0.1, -0.05) is 31.5 Å². The highest BCUT2D eigenvalue weighted by molar-refractivity contribution is 7.92. The van der Waals surface area contributed by atoms with Gasteiger partial charge in [0, 0.05) is 12.2 Å².